The van der Waals surface area contributed by atoms with Crippen LogP contribution in [0.1, 0.15) is 35.8 Å². The highest BCUT2D eigenvalue weighted by Gasteiger charge is 2.28. The molecule has 0 amide bonds. The Morgan fingerprint density at radius 2 is 1.55 bits per heavy atom. The molecule has 2 atom stereocenters. The molecule has 7 heteroatoms. The zero-order valence-corrected chi connectivity index (χ0v) is 21.6. The van der Waals surface area contributed by atoms with Crippen LogP contribution in [0.3, 0.4) is 0 Å². The Kier molecular flexibility index (Phi) is 10.0. The highest BCUT2D eigenvalue weighted by atomic mass is 35.5. The number of benzene rings is 3. The number of ketones is 1. The van der Waals surface area contributed by atoms with Gasteiger partial charge in [0.05, 0.1) is 18.2 Å². The number of hydrogen-bond acceptors (Lipinski definition) is 4. The summed E-state index contributed by atoms with van der Waals surface area (Å²) >= 11 is 6.42. The summed E-state index contributed by atoms with van der Waals surface area (Å²) in [7, 11) is 1.60. The summed E-state index contributed by atoms with van der Waals surface area (Å²) in [5.41, 5.74) is 2.06. The van der Waals surface area contributed by atoms with E-state index in [1.807, 2.05) is 37.3 Å². The molecule has 0 aromatic heterocycles. The van der Waals surface area contributed by atoms with E-state index in [9.17, 15) is 4.79 Å². The third-order valence-electron chi connectivity index (χ3n) is 6.53. The van der Waals surface area contributed by atoms with Gasteiger partial charge in [-0.05, 0) is 36.9 Å². The predicted octanol–water partition coefficient (Wildman–Crippen LogP) is 6.30. The molecule has 3 aromatic rings. The number of hydrogen-bond donors (Lipinski definition) is 0. The van der Waals surface area contributed by atoms with Gasteiger partial charge in [0.1, 0.15) is 5.75 Å². The molecule has 33 heavy (non-hydrogen) atoms. The van der Waals surface area contributed by atoms with E-state index < -0.39 is 0 Å². The summed E-state index contributed by atoms with van der Waals surface area (Å²) in [5, 5.41) is 2.43. The maximum absolute atomic E-state index is 13.2. The van der Waals surface area contributed by atoms with Crippen molar-refractivity contribution in [3.63, 3.8) is 0 Å². The van der Waals surface area contributed by atoms with Crippen molar-refractivity contribution in [1.82, 2.24) is 9.80 Å². The Morgan fingerprint density at radius 3 is 2.18 bits per heavy atom. The number of methoxy groups -OCH3 is 1. The quantitative estimate of drug-likeness (QED) is 0.365. The SMILES string of the molecule is COc1ccc2cc(C(=O)C(C)N3CCN([C@H](C)c4ccccc4)CC3)ccc2c1Cl.Cl.Cl. The molecule has 4 nitrogen and oxygen atoms in total. The van der Waals surface area contributed by atoms with Crippen LogP contribution in [0, 0.1) is 0 Å². The van der Waals surface area contributed by atoms with Gasteiger partial charge in [-0.3, -0.25) is 14.6 Å². The van der Waals surface area contributed by atoms with Crippen molar-refractivity contribution in [2.45, 2.75) is 25.9 Å². The fourth-order valence-electron chi connectivity index (χ4n) is 4.44. The van der Waals surface area contributed by atoms with E-state index in [4.69, 9.17) is 16.3 Å². The van der Waals surface area contributed by atoms with Crippen LogP contribution in [0.4, 0.5) is 0 Å². The van der Waals surface area contributed by atoms with E-state index in [1.165, 1.54) is 5.56 Å². The van der Waals surface area contributed by atoms with Crippen molar-refractivity contribution in [3.05, 3.63) is 76.8 Å². The van der Waals surface area contributed by atoms with Crippen LogP contribution in [-0.4, -0.2) is 54.9 Å². The number of rotatable bonds is 6. The first-order chi connectivity index (χ1) is 15.0. The van der Waals surface area contributed by atoms with Crippen LogP contribution in [-0.2, 0) is 0 Å². The van der Waals surface area contributed by atoms with Crippen LogP contribution in [0.15, 0.2) is 60.7 Å². The summed E-state index contributed by atoms with van der Waals surface area (Å²) in [4.78, 5) is 18.0. The molecule has 1 saturated heterocycles. The number of carbonyl (C=O) groups excluding carboxylic acids is 1. The van der Waals surface area contributed by atoms with Gasteiger partial charge in [0, 0.05) is 43.2 Å². The van der Waals surface area contributed by atoms with E-state index in [1.54, 1.807) is 7.11 Å². The van der Waals surface area contributed by atoms with Crippen molar-refractivity contribution < 1.29 is 9.53 Å². The monoisotopic (exact) mass is 508 g/mol. The molecule has 0 bridgehead atoms. The van der Waals surface area contributed by atoms with Crippen molar-refractivity contribution in [3.8, 4) is 5.75 Å². The largest absolute Gasteiger partial charge is 0.495 e. The number of piperazine rings is 1. The van der Waals surface area contributed by atoms with Crippen molar-refractivity contribution >= 4 is 53.0 Å². The second-order valence-corrected chi connectivity index (χ2v) is 8.59. The molecule has 0 aliphatic carbocycles. The summed E-state index contributed by atoms with van der Waals surface area (Å²) in [6.45, 7) is 7.97. The van der Waals surface area contributed by atoms with Crippen LogP contribution in [0.2, 0.25) is 5.02 Å². The van der Waals surface area contributed by atoms with Gasteiger partial charge in [-0.25, -0.2) is 0 Å². The van der Waals surface area contributed by atoms with E-state index in [-0.39, 0.29) is 36.6 Å². The van der Waals surface area contributed by atoms with Gasteiger partial charge < -0.3 is 4.74 Å². The Balaban J connectivity index is 0.00000193. The molecular formula is C26H31Cl3N2O2. The maximum Gasteiger partial charge on any atom is 0.179 e. The van der Waals surface area contributed by atoms with E-state index >= 15 is 0 Å². The number of ether oxygens (including phenoxy) is 1. The van der Waals surface area contributed by atoms with Gasteiger partial charge in [0.2, 0.25) is 0 Å². The average molecular weight is 510 g/mol. The van der Waals surface area contributed by atoms with Gasteiger partial charge in [-0.1, -0.05) is 60.1 Å². The second-order valence-electron chi connectivity index (χ2n) is 8.22. The summed E-state index contributed by atoms with van der Waals surface area (Å²) in [6, 6.07) is 20.4. The summed E-state index contributed by atoms with van der Waals surface area (Å²) in [5.74, 6) is 0.794. The fraction of sp³-hybridized carbons (Fsp3) is 0.346. The maximum atomic E-state index is 13.2. The number of fused-ring (bicyclic) bond motifs is 1. The van der Waals surface area contributed by atoms with Crippen LogP contribution >= 0.6 is 36.4 Å². The molecule has 1 aliphatic rings. The highest BCUT2D eigenvalue weighted by Crippen LogP contribution is 2.33. The second kappa shape index (κ2) is 12.0. The number of Topliss-reactive ketones (excluding diaryl/α,β-unsaturated/α-hetero) is 1. The van der Waals surface area contributed by atoms with Crippen molar-refractivity contribution in [1.29, 1.82) is 0 Å². The minimum Gasteiger partial charge on any atom is -0.495 e. The smallest absolute Gasteiger partial charge is 0.179 e. The minimum absolute atomic E-state index is 0. The Morgan fingerprint density at radius 1 is 0.909 bits per heavy atom. The van der Waals surface area contributed by atoms with Crippen molar-refractivity contribution in [2.75, 3.05) is 33.3 Å². The standard InChI is InChI=1S/C26H29ClN2O2.2ClH/c1-18(20-7-5-4-6-8-20)28-13-15-29(16-14-28)19(2)26(30)22-9-11-23-21(17-22)10-12-24(31-3)25(23)27;;/h4-12,17-19H,13-16H2,1-3H3;2*1H/t18-,19?;;/m1../s1. The molecule has 1 fully saturated rings. The lowest BCUT2D eigenvalue weighted by Crippen LogP contribution is -2.52. The first kappa shape index (κ1) is 27.4. The third-order valence-corrected chi connectivity index (χ3v) is 6.92. The molecule has 1 heterocycles. The van der Waals surface area contributed by atoms with Crippen molar-refractivity contribution in [2.24, 2.45) is 0 Å². The first-order valence-corrected chi connectivity index (χ1v) is 11.2. The van der Waals surface area contributed by atoms with E-state index in [2.05, 4.69) is 47.1 Å². The Labute approximate surface area is 213 Å². The van der Waals surface area contributed by atoms with E-state index in [0.717, 1.165) is 42.5 Å². The average Bonchev–Trinajstić information content (AvgIpc) is 2.83. The fourth-order valence-corrected chi connectivity index (χ4v) is 4.76. The zero-order chi connectivity index (χ0) is 22.0. The zero-order valence-electron chi connectivity index (χ0n) is 19.2. The molecule has 0 N–H and O–H groups in total. The summed E-state index contributed by atoms with van der Waals surface area (Å²) in [6.07, 6.45) is 0. The Bertz CT molecular complexity index is 1070. The molecule has 0 saturated carbocycles. The lowest BCUT2D eigenvalue weighted by atomic mass is 9.99. The number of nitrogens with zero attached hydrogens (tertiary/aromatic N) is 2. The minimum atomic E-state index is -0.152. The first-order valence-electron chi connectivity index (χ1n) is 10.8. The lowest BCUT2D eigenvalue weighted by molar-refractivity contribution is 0.0617. The number of halogens is 3. The van der Waals surface area contributed by atoms with E-state index in [0.29, 0.717) is 16.8 Å². The molecule has 1 unspecified atom stereocenters. The molecule has 1 aliphatic heterocycles. The highest BCUT2D eigenvalue weighted by molar-refractivity contribution is 6.37. The third kappa shape index (κ3) is 5.82. The summed E-state index contributed by atoms with van der Waals surface area (Å²) < 4.78 is 5.29. The van der Waals surface area contributed by atoms with Crippen LogP contribution in [0.25, 0.3) is 10.8 Å². The molecule has 0 radical (unpaired) electrons. The lowest BCUT2D eigenvalue weighted by Gasteiger charge is -2.40. The molecule has 4 rings (SSSR count). The molecule has 178 valence electrons. The van der Waals surface area contributed by atoms with Gasteiger partial charge in [-0.15, -0.1) is 24.8 Å². The molecular weight excluding hydrogens is 479 g/mol. The van der Waals surface area contributed by atoms with Crippen LogP contribution in [0.5, 0.6) is 5.75 Å². The molecule has 0 spiro atoms. The van der Waals surface area contributed by atoms with Gasteiger partial charge in [0.25, 0.3) is 0 Å². The van der Waals surface area contributed by atoms with Gasteiger partial charge in [0.15, 0.2) is 5.78 Å². The Hall–Kier alpha value is -1.82. The van der Waals surface area contributed by atoms with Gasteiger partial charge >= 0.3 is 0 Å². The predicted molar refractivity (Wildman–Crippen MR) is 142 cm³/mol. The number of carbonyl (C=O) groups is 1. The normalized spacial score (nSPS) is 16.4. The van der Waals surface area contributed by atoms with Crippen LogP contribution < -0.4 is 4.74 Å². The van der Waals surface area contributed by atoms with Gasteiger partial charge in [-0.2, -0.15) is 0 Å². The molecule has 3 aromatic carbocycles. The topological polar surface area (TPSA) is 32.8 Å².